The molecule has 1 N–H and O–H groups in total. The van der Waals surface area contributed by atoms with Crippen LogP contribution in [0.1, 0.15) is 5.56 Å². The van der Waals surface area contributed by atoms with Crippen molar-refractivity contribution in [1.29, 1.82) is 0 Å². The third kappa shape index (κ3) is 3.07. The van der Waals surface area contributed by atoms with Gasteiger partial charge in [0, 0.05) is 23.0 Å². The number of nitrogens with zero attached hydrogens (tertiary/aromatic N) is 4. The van der Waals surface area contributed by atoms with Crippen molar-refractivity contribution in [3.8, 4) is 11.4 Å². The van der Waals surface area contributed by atoms with Gasteiger partial charge in [-0.2, -0.15) is 14.9 Å². The Labute approximate surface area is 130 Å². The molecular formula is C14H10ClN5S. The summed E-state index contributed by atoms with van der Waals surface area (Å²) in [5.74, 6) is 0.603. The van der Waals surface area contributed by atoms with E-state index in [-0.39, 0.29) is 0 Å². The standard InChI is InChI=1S/C14H10ClN5S/c15-12-5-1-3-10(7-12)8-17-20-13(18-19-14(20)21)11-4-2-6-16-9-11/h1-9H,(H,19,21). The van der Waals surface area contributed by atoms with Crippen LogP contribution in [0.3, 0.4) is 0 Å². The van der Waals surface area contributed by atoms with Gasteiger partial charge in [0.1, 0.15) is 0 Å². The summed E-state index contributed by atoms with van der Waals surface area (Å²) in [4.78, 5) is 4.07. The van der Waals surface area contributed by atoms with Gasteiger partial charge in [-0.05, 0) is 42.0 Å². The second-order valence-corrected chi connectivity index (χ2v) is 5.03. The van der Waals surface area contributed by atoms with E-state index in [1.165, 1.54) is 0 Å². The van der Waals surface area contributed by atoms with E-state index in [1.807, 2.05) is 36.4 Å². The first-order valence-corrected chi connectivity index (χ1v) is 6.90. The summed E-state index contributed by atoms with van der Waals surface area (Å²) in [6, 6.07) is 11.1. The Bertz CT molecular complexity index is 838. The van der Waals surface area contributed by atoms with Crippen molar-refractivity contribution in [1.82, 2.24) is 19.9 Å². The largest absolute Gasteiger partial charge is 0.264 e. The fourth-order valence-corrected chi connectivity index (χ4v) is 2.17. The van der Waals surface area contributed by atoms with Gasteiger partial charge in [-0.3, -0.25) is 4.98 Å². The van der Waals surface area contributed by atoms with E-state index in [2.05, 4.69) is 20.3 Å². The fourth-order valence-electron chi connectivity index (χ4n) is 1.79. The molecule has 0 saturated carbocycles. The zero-order chi connectivity index (χ0) is 14.7. The predicted octanol–water partition coefficient (Wildman–Crippen LogP) is 3.54. The zero-order valence-electron chi connectivity index (χ0n) is 10.8. The molecule has 0 bridgehead atoms. The highest BCUT2D eigenvalue weighted by Gasteiger charge is 2.07. The molecule has 0 aliphatic carbocycles. The second kappa shape index (κ2) is 5.99. The van der Waals surface area contributed by atoms with Crippen LogP contribution >= 0.6 is 23.8 Å². The van der Waals surface area contributed by atoms with Crippen molar-refractivity contribution in [3.63, 3.8) is 0 Å². The van der Waals surface area contributed by atoms with Gasteiger partial charge in [-0.1, -0.05) is 23.7 Å². The Morgan fingerprint density at radius 2 is 2.19 bits per heavy atom. The molecule has 0 aliphatic rings. The Balaban J connectivity index is 2.00. The van der Waals surface area contributed by atoms with Crippen LogP contribution in [-0.2, 0) is 0 Å². The number of benzene rings is 1. The van der Waals surface area contributed by atoms with Crippen molar-refractivity contribution in [2.75, 3.05) is 0 Å². The molecule has 3 aromatic rings. The van der Waals surface area contributed by atoms with Crippen LogP contribution in [0.15, 0.2) is 53.9 Å². The monoisotopic (exact) mass is 315 g/mol. The summed E-state index contributed by atoms with van der Waals surface area (Å²) in [7, 11) is 0. The van der Waals surface area contributed by atoms with Crippen LogP contribution < -0.4 is 0 Å². The summed E-state index contributed by atoms with van der Waals surface area (Å²) >= 11 is 11.1. The molecule has 0 saturated heterocycles. The zero-order valence-corrected chi connectivity index (χ0v) is 12.3. The highest BCUT2D eigenvalue weighted by Crippen LogP contribution is 2.15. The lowest BCUT2D eigenvalue weighted by Crippen LogP contribution is -1.95. The molecule has 0 aliphatic heterocycles. The van der Waals surface area contributed by atoms with E-state index in [4.69, 9.17) is 23.8 Å². The van der Waals surface area contributed by atoms with Crippen LogP contribution in [0.25, 0.3) is 11.4 Å². The number of aromatic nitrogens is 4. The first-order chi connectivity index (χ1) is 10.2. The van der Waals surface area contributed by atoms with E-state index < -0.39 is 0 Å². The minimum atomic E-state index is 0.409. The molecule has 5 nitrogen and oxygen atoms in total. The molecule has 0 unspecified atom stereocenters. The van der Waals surface area contributed by atoms with Gasteiger partial charge in [-0.15, -0.1) is 0 Å². The average Bonchev–Trinajstić information content (AvgIpc) is 2.87. The number of aromatic amines is 1. The van der Waals surface area contributed by atoms with E-state index in [0.717, 1.165) is 11.1 Å². The second-order valence-electron chi connectivity index (χ2n) is 4.21. The fraction of sp³-hybridized carbons (Fsp3) is 0. The number of rotatable bonds is 3. The first kappa shape index (κ1) is 13.7. The summed E-state index contributed by atoms with van der Waals surface area (Å²) < 4.78 is 1.96. The van der Waals surface area contributed by atoms with Crippen molar-refractivity contribution in [2.45, 2.75) is 0 Å². The predicted molar refractivity (Wildman–Crippen MR) is 85.1 cm³/mol. The van der Waals surface area contributed by atoms with Crippen LogP contribution in [0.4, 0.5) is 0 Å². The summed E-state index contributed by atoms with van der Waals surface area (Å²) in [5.41, 5.74) is 1.70. The molecule has 2 aromatic heterocycles. The SMILES string of the molecule is S=c1[nH]nc(-c2cccnc2)n1N=Cc1cccc(Cl)c1. The lowest BCUT2D eigenvalue weighted by atomic mass is 10.2. The molecule has 3 rings (SSSR count). The quantitative estimate of drug-likeness (QED) is 0.594. The summed E-state index contributed by atoms with van der Waals surface area (Å²) in [6.45, 7) is 0. The maximum atomic E-state index is 5.95. The molecule has 104 valence electrons. The van der Waals surface area contributed by atoms with Crippen molar-refractivity contribution in [3.05, 3.63) is 64.1 Å². The van der Waals surface area contributed by atoms with Crippen LogP contribution in [0, 0.1) is 4.77 Å². The molecule has 7 heteroatoms. The minimum Gasteiger partial charge on any atom is -0.264 e. The van der Waals surface area contributed by atoms with Gasteiger partial charge >= 0.3 is 0 Å². The maximum Gasteiger partial charge on any atom is 0.216 e. The maximum absolute atomic E-state index is 5.95. The number of hydrogen-bond donors (Lipinski definition) is 1. The first-order valence-electron chi connectivity index (χ1n) is 6.12. The van der Waals surface area contributed by atoms with E-state index >= 15 is 0 Å². The molecular weight excluding hydrogens is 306 g/mol. The van der Waals surface area contributed by atoms with E-state index in [9.17, 15) is 0 Å². The normalized spacial score (nSPS) is 11.1. The number of nitrogens with one attached hydrogen (secondary N) is 1. The molecule has 0 amide bonds. The van der Waals surface area contributed by atoms with Crippen molar-refractivity contribution in [2.24, 2.45) is 5.10 Å². The molecule has 0 atom stereocenters. The molecule has 2 heterocycles. The van der Waals surface area contributed by atoms with Gasteiger partial charge in [0.05, 0.1) is 6.21 Å². The number of hydrogen-bond acceptors (Lipinski definition) is 4. The van der Waals surface area contributed by atoms with E-state index in [0.29, 0.717) is 15.6 Å². The van der Waals surface area contributed by atoms with Gasteiger partial charge < -0.3 is 0 Å². The highest BCUT2D eigenvalue weighted by molar-refractivity contribution is 7.71. The Kier molecular flexibility index (Phi) is 3.89. The smallest absolute Gasteiger partial charge is 0.216 e. The van der Waals surface area contributed by atoms with Gasteiger partial charge in [0.2, 0.25) is 4.77 Å². The molecule has 21 heavy (non-hydrogen) atoms. The van der Waals surface area contributed by atoms with Crippen molar-refractivity contribution < 1.29 is 0 Å². The Morgan fingerprint density at radius 1 is 1.29 bits per heavy atom. The summed E-state index contributed by atoms with van der Waals surface area (Å²) in [5, 5.41) is 11.9. The summed E-state index contributed by atoms with van der Waals surface area (Å²) in [6.07, 6.45) is 5.08. The average molecular weight is 316 g/mol. The highest BCUT2D eigenvalue weighted by atomic mass is 35.5. The lowest BCUT2D eigenvalue weighted by molar-refractivity contribution is 0.871. The number of halogens is 1. The molecule has 1 aromatic carbocycles. The Morgan fingerprint density at radius 3 is 2.95 bits per heavy atom. The number of pyridine rings is 1. The van der Waals surface area contributed by atoms with Gasteiger partial charge in [0.15, 0.2) is 5.82 Å². The van der Waals surface area contributed by atoms with Crippen LogP contribution in [-0.4, -0.2) is 26.1 Å². The third-order valence-corrected chi connectivity index (χ3v) is 3.24. The van der Waals surface area contributed by atoms with Gasteiger partial charge in [0.25, 0.3) is 0 Å². The lowest BCUT2D eigenvalue weighted by Gasteiger charge is -2.00. The Hall–Kier alpha value is -2.31. The topological polar surface area (TPSA) is 58.9 Å². The van der Waals surface area contributed by atoms with Crippen LogP contribution in [0.2, 0.25) is 5.02 Å². The van der Waals surface area contributed by atoms with Crippen molar-refractivity contribution >= 4 is 30.0 Å². The molecule has 0 spiro atoms. The number of H-pyrrole nitrogens is 1. The molecule has 0 radical (unpaired) electrons. The van der Waals surface area contributed by atoms with Gasteiger partial charge in [-0.25, -0.2) is 5.10 Å². The van der Waals surface area contributed by atoms with Crippen LogP contribution in [0.5, 0.6) is 0 Å². The van der Waals surface area contributed by atoms with E-state index in [1.54, 1.807) is 23.3 Å². The minimum absolute atomic E-state index is 0.409. The third-order valence-electron chi connectivity index (χ3n) is 2.74. The molecule has 0 fully saturated rings.